The van der Waals surface area contributed by atoms with Crippen LogP contribution in [0.2, 0.25) is 0 Å². The zero-order valence-corrected chi connectivity index (χ0v) is 15.3. The van der Waals surface area contributed by atoms with Crippen molar-refractivity contribution in [3.05, 3.63) is 63.8 Å². The molecule has 2 aromatic rings. The lowest BCUT2D eigenvalue weighted by molar-refractivity contribution is -0.122. The second-order valence-electron chi connectivity index (χ2n) is 6.50. The summed E-state index contributed by atoms with van der Waals surface area (Å²) in [6.45, 7) is 2.54. The molecule has 1 fully saturated rings. The van der Waals surface area contributed by atoms with E-state index in [0.717, 1.165) is 11.3 Å². The Bertz CT molecular complexity index is 866. The predicted octanol–water partition coefficient (Wildman–Crippen LogP) is 1.03. The molecular weight excluding hydrogens is 351 g/mol. The van der Waals surface area contributed by atoms with Gasteiger partial charge in [0.15, 0.2) is 0 Å². The molecule has 0 bridgehead atoms. The minimum absolute atomic E-state index is 0.0622. The number of carbonyl (C=O) groups is 1. The molecule has 0 saturated carbocycles. The zero-order valence-electron chi connectivity index (χ0n) is 15.3. The number of hydrogen-bond donors (Lipinski definition) is 3. The van der Waals surface area contributed by atoms with Crippen LogP contribution in [0.5, 0.6) is 5.75 Å². The molecule has 0 radical (unpaired) electrons. The fraction of sp³-hybridized carbons (Fsp3) is 0.368. The van der Waals surface area contributed by atoms with E-state index in [1.54, 1.807) is 22.8 Å². The lowest BCUT2D eigenvalue weighted by atomic mass is 10.0. The number of aryl methyl sites for hydroxylation is 1. The van der Waals surface area contributed by atoms with Crippen molar-refractivity contribution >= 4 is 5.91 Å². The second kappa shape index (κ2) is 8.32. The molecule has 1 saturated heterocycles. The van der Waals surface area contributed by atoms with Gasteiger partial charge in [0.25, 0.3) is 5.56 Å². The summed E-state index contributed by atoms with van der Waals surface area (Å²) in [7, 11) is 1.51. The number of hydrogen-bond acceptors (Lipinski definition) is 5. The van der Waals surface area contributed by atoms with Crippen molar-refractivity contribution in [2.24, 2.45) is 0 Å². The van der Waals surface area contributed by atoms with E-state index in [4.69, 9.17) is 4.74 Å². The normalized spacial score (nSPS) is 19.1. The quantitative estimate of drug-likeness (QED) is 0.703. The van der Waals surface area contributed by atoms with Crippen LogP contribution in [0.4, 0.5) is 4.39 Å². The Morgan fingerprint density at radius 3 is 2.70 bits per heavy atom. The number of amides is 1. The van der Waals surface area contributed by atoms with Gasteiger partial charge in [-0.25, -0.2) is 15.2 Å². The van der Waals surface area contributed by atoms with Crippen LogP contribution in [-0.2, 0) is 11.3 Å². The molecule has 2 heterocycles. The average Bonchev–Trinajstić information content (AvgIpc) is 3.14. The van der Waals surface area contributed by atoms with E-state index < -0.39 is 6.04 Å². The molecule has 2 unspecified atom stereocenters. The molecule has 1 aliphatic rings. The topological polar surface area (TPSA) is 84.4 Å². The van der Waals surface area contributed by atoms with Crippen LogP contribution in [0.3, 0.4) is 0 Å². The summed E-state index contributed by atoms with van der Waals surface area (Å²) in [5, 5.41) is 2.84. The van der Waals surface area contributed by atoms with Gasteiger partial charge in [-0.2, -0.15) is 0 Å². The summed E-state index contributed by atoms with van der Waals surface area (Å²) in [5.74, 6) is 0.0836. The maximum absolute atomic E-state index is 13.0. The third-order valence-corrected chi connectivity index (χ3v) is 4.67. The molecule has 3 rings (SSSR count). The summed E-state index contributed by atoms with van der Waals surface area (Å²) in [4.78, 5) is 24.5. The largest absolute Gasteiger partial charge is 0.496 e. The van der Waals surface area contributed by atoms with E-state index in [1.165, 1.54) is 25.3 Å². The molecule has 2 atom stereocenters. The minimum Gasteiger partial charge on any atom is -0.496 e. The van der Waals surface area contributed by atoms with E-state index >= 15 is 0 Å². The number of rotatable bonds is 6. The van der Waals surface area contributed by atoms with Crippen molar-refractivity contribution in [2.75, 3.05) is 13.7 Å². The van der Waals surface area contributed by atoms with Crippen molar-refractivity contribution in [3.8, 4) is 5.75 Å². The standard InChI is InChI=1S/C19H23FN4O3/c1-12-9-15(27-2)10-18(25)24(12)8-7-21-19(26)17-11-16(22-23-17)13-3-5-14(20)6-4-13/h3-6,9-10,16-17,22-23H,7-8,11H2,1-2H3,(H,21,26). The highest BCUT2D eigenvalue weighted by atomic mass is 19.1. The van der Waals surface area contributed by atoms with Crippen LogP contribution in [0.1, 0.15) is 23.7 Å². The molecule has 7 nitrogen and oxygen atoms in total. The first-order valence-electron chi connectivity index (χ1n) is 8.77. The van der Waals surface area contributed by atoms with Crippen molar-refractivity contribution in [1.82, 2.24) is 20.7 Å². The Labute approximate surface area is 156 Å². The molecule has 1 aromatic carbocycles. The fourth-order valence-corrected chi connectivity index (χ4v) is 3.16. The first kappa shape index (κ1) is 19.1. The molecule has 8 heteroatoms. The third kappa shape index (κ3) is 4.53. The maximum atomic E-state index is 13.0. The van der Waals surface area contributed by atoms with Gasteiger partial charge in [-0.15, -0.1) is 0 Å². The number of ether oxygens (including phenoxy) is 1. The molecule has 27 heavy (non-hydrogen) atoms. The van der Waals surface area contributed by atoms with Gasteiger partial charge in [-0.05, 0) is 37.1 Å². The van der Waals surface area contributed by atoms with Gasteiger partial charge < -0.3 is 14.6 Å². The van der Waals surface area contributed by atoms with Crippen LogP contribution < -0.4 is 26.5 Å². The van der Waals surface area contributed by atoms with Gasteiger partial charge in [0.1, 0.15) is 17.6 Å². The summed E-state index contributed by atoms with van der Waals surface area (Å²) in [5.41, 5.74) is 7.54. The van der Waals surface area contributed by atoms with Gasteiger partial charge >= 0.3 is 0 Å². The fourth-order valence-electron chi connectivity index (χ4n) is 3.16. The SMILES string of the molecule is COc1cc(C)n(CCNC(=O)C2CC(c3ccc(F)cc3)NN2)c(=O)c1. The van der Waals surface area contributed by atoms with E-state index in [0.29, 0.717) is 25.3 Å². The van der Waals surface area contributed by atoms with Gasteiger partial charge in [0.2, 0.25) is 5.91 Å². The molecule has 144 valence electrons. The zero-order chi connectivity index (χ0) is 19.4. The van der Waals surface area contributed by atoms with E-state index in [-0.39, 0.29) is 23.3 Å². The maximum Gasteiger partial charge on any atom is 0.254 e. The molecular formula is C19H23FN4O3. The van der Waals surface area contributed by atoms with Crippen LogP contribution >= 0.6 is 0 Å². The monoisotopic (exact) mass is 374 g/mol. The third-order valence-electron chi connectivity index (χ3n) is 4.67. The Kier molecular flexibility index (Phi) is 5.88. The minimum atomic E-state index is -0.395. The number of nitrogens with one attached hydrogen (secondary N) is 3. The summed E-state index contributed by atoms with van der Waals surface area (Å²) >= 11 is 0. The van der Waals surface area contributed by atoms with E-state index in [2.05, 4.69) is 16.2 Å². The van der Waals surface area contributed by atoms with Crippen LogP contribution in [0.25, 0.3) is 0 Å². The molecule has 0 aliphatic carbocycles. The lowest BCUT2D eigenvalue weighted by Crippen LogP contribution is -2.44. The highest BCUT2D eigenvalue weighted by Crippen LogP contribution is 2.22. The number of hydrazine groups is 1. The molecule has 1 aromatic heterocycles. The van der Waals surface area contributed by atoms with Crippen LogP contribution in [-0.4, -0.2) is 30.2 Å². The van der Waals surface area contributed by atoms with Crippen molar-refractivity contribution in [1.29, 1.82) is 0 Å². The van der Waals surface area contributed by atoms with Crippen LogP contribution in [0.15, 0.2) is 41.2 Å². The molecule has 1 amide bonds. The number of pyridine rings is 1. The summed E-state index contributed by atoms with van der Waals surface area (Å²) < 4.78 is 19.7. The Morgan fingerprint density at radius 2 is 2.04 bits per heavy atom. The van der Waals surface area contributed by atoms with Gasteiger partial charge in [0, 0.05) is 30.9 Å². The number of halogens is 1. The number of nitrogens with zero attached hydrogens (tertiary/aromatic N) is 1. The van der Waals surface area contributed by atoms with Crippen molar-refractivity contribution < 1.29 is 13.9 Å². The van der Waals surface area contributed by atoms with Crippen molar-refractivity contribution in [2.45, 2.75) is 32.0 Å². The summed E-state index contributed by atoms with van der Waals surface area (Å²) in [6, 6.07) is 8.95. The molecule has 1 aliphatic heterocycles. The van der Waals surface area contributed by atoms with E-state index in [1.807, 2.05) is 6.92 Å². The highest BCUT2D eigenvalue weighted by molar-refractivity contribution is 5.82. The number of benzene rings is 1. The smallest absolute Gasteiger partial charge is 0.254 e. The average molecular weight is 374 g/mol. The van der Waals surface area contributed by atoms with Gasteiger partial charge in [0.05, 0.1) is 7.11 Å². The second-order valence-corrected chi connectivity index (χ2v) is 6.50. The summed E-state index contributed by atoms with van der Waals surface area (Å²) in [6.07, 6.45) is 0.555. The highest BCUT2D eigenvalue weighted by Gasteiger charge is 2.29. The number of aromatic nitrogens is 1. The lowest BCUT2D eigenvalue weighted by Gasteiger charge is -2.14. The molecule has 0 spiro atoms. The first-order valence-corrected chi connectivity index (χ1v) is 8.77. The Hall–Kier alpha value is -2.71. The van der Waals surface area contributed by atoms with Crippen molar-refractivity contribution in [3.63, 3.8) is 0 Å². The molecule has 3 N–H and O–H groups in total. The van der Waals surface area contributed by atoms with Gasteiger partial charge in [-0.1, -0.05) is 12.1 Å². The number of methoxy groups -OCH3 is 1. The van der Waals surface area contributed by atoms with Gasteiger partial charge in [-0.3, -0.25) is 9.59 Å². The first-order chi connectivity index (χ1) is 13.0. The number of carbonyl (C=O) groups excluding carboxylic acids is 1. The Balaban J connectivity index is 1.52. The van der Waals surface area contributed by atoms with Crippen LogP contribution in [0, 0.1) is 12.7 Å². The predicted molar refractivity (Wildman–Crippen MR) is 98.8 cm³/mol. The van der Waals surface area contributed by atoms with E-state index in [9.17, 15) is 14.0 Å². The Morgan fingerprint density at radius 1 is 1.30 bits per heavy atom.